The Hall–Kier alpha value is -1.09. The fraction of sp³-hybridized carbons (Fsp3) is 0.643. The van der Waals surface area contributed by atoms with Crippen LogP contribution in [-0.4, -0.2) is 32.0 Å². The third-order valence-electron chi connectivity index (χ3n) is 4.89. The standard InChI is InChI=1S/C14H18N2O/c1-4-16-12-8-11-13(7-10(1)12)17-9-14(11)2-5-15-6-3-14/h1,4,7,11-12,15H,2-3,5-6,8-9H2. The Kier molecular flexibility index (Phi) is 2.01. The first-order valence-corrected chi connectivity index (χ1v) is 6.66. The molecule has 2 unspecified atom stereocenters. The molecule has 0 radical (unpaired) electrons. The number of nitrogens with zero attached hydrogens (tertiary/aromatic N) is 1. The number of allylic oxidation sites excluding steroid dienone is 2. The van der Waals surface area contributed by atoms with Gasteiger partial charge in [-0.05, 0) is 50.1 Å². The van der Waals surface area contributed by atoms with Crippen LogP contribution in [0.5, 0.6) is 0 Å². The van der Waals surface area contributed by atoms with Gasteiger partial charge in [0.25, 0.3) is 0 Å². The number of fused-ring (bicyclic) bond motifs is 3. The van der Waals surface area contributed by atoms with Crippen LogP contribution in [0.3, 0.4) is 0 Å². The molecular formula is C14H18N2O. The number of piperidine rings is 1. The Morgan fingerprint density at radius 2 is 2.24 bits per heavy atom. The predicted octanol–water partition coefficient (Wildman–Crippen LogP) is 1.67. The van der Waals surface area contributed by atoms with Gasteiger partial charge >= 0.3 is 0 Å². The summed E-state index contributed by atoms with van der Waals surface area (Å²) < 4.78 is 6.00. The molecule has 17 heavy (non-hydrogen) atoms. The Balaban J connectivity index is 1.69. The Morgan fingerprint density at radius 3 is 3.12 bits per heavy atom. The first-order chi connectivity index (χ1) is 8.37. The molecule has 1 spiro atoms. The summed E-state index contributed by atoms with van der Waals surface area (Å²) >= 11 is 0. The van der Waals surface area contributed by atoms with Crippen LogP contribution < -0.4 is 5.32 Å². The number of aliphatic imine (C=N–C) groups is 1. The Morgan fingerprint density at radius 1 is 1.35 bits per heavy atom. The molecule has 4 aliphatic rings. The van der Waals surface area contributed by atoms with E-state index in [4.69, 9.17) is 4.74 Å². The van der Waals surface area contributed by atoms with Crippen molar-refractivity contribution in [1.82, 2.24) is 5.32 Å². The second-order valence-electron chi connectivity index (χ2n) is 5.72. The molecule has 3 aliphatic heterocycles. The van der Waals surface area contributed by atoms with E-state index in [0.29, 0.717) is 17.4 Å². The Bertz CT molecular complexity index is 430. The van der Waals surface area contributed by atoms with Crippen molar-refractivity contribution in [2.24, 2.45) is 16.3 Å². The average Bonchev–Trinajstić information content (AvgIpc) is 2.94. The van der Waals surface area contributed by atoms with E-state index in [1.54, 1.807) is 0 Å². The highest BCUT2D eigenvalue weighted by molar-refractivity contribution is 5.77. The fourth-order valence-corrected chi connectivity index (χ4v) is 3.81. The summed E-state index contributed by atoms with van der Waals surface area (Å²) in [4.78, 5) is 4.56. The van der Waals surface area contributed by atoms with E-state index in [9.17, 15) is 0 Å². The SMILES string of the molecule is C1=NC2CC3C(=CC2=C1)OCC31CCNCC1. The maximum absolute atomic E-state index is 6.00. The van der Waals surface area contributed by atoms with Crippen LogP contribution in [0.2, 0.25) is 0 Å². The van der Waals surface area contributed by atoms with Crippen molar-refractivity contribution >= 4 is 6.21 Å². The number of hydrogen-bond donors (Lipinski definition) is 1. The van der Waals surface area contributed by atoms with Crippen LogP contribution in [0.25, 0.3) is 0 Å². The number of hydrogen-bond acceptors (Lipinski definition) is 3. The predicted molar refractivity (Wildman–Crippen MR) is 67.0 cm³/mol. The summed E-state index contributed by atoms with van der Waals surface area (Å²) in [6.45, 7) is 3.21. The van der Waals surface area contributed by atoms with Crippen LogP contribution in [0.4, 0.5) is 0 Å². The van der Waals surface area contributed by atoms with Crippen molar-refractivity contribution < 1.29 is 4.74 Å². The van der Waals surface area contributed by atoms with Crippen molar-refractivity contribution in [3.8, 4) is 0 Å². The van der Waals surface area contributed by atoms with Gasteiger partial charge in [-0.2, -0.15) is 0 Å². The summed E-state index contributed by atoms with van der Waals surface area (Å²) in [5.41, 5.74) is 1.75. The third kappa shape index (κ3) is 1.35. The molecule has 0 saturated carbocycles. The van der Waals surface area contributed by atoms with Crippen molar-refractivity contribution in [1.29, 1.82) is 0 Å². The smallest absolute Gasteiger partial charge is 0.100 e. The molecule has 2 fully saturated rings. The zero-order valence-corrected chi connectivity index (χ0v) is 9.98. The minimum atomic E-state index is 0.403. The lowest BCUT2D eigenvalue weighted by Gasteiger charge is -2.38. The summed E-state index contributed by atoms with van der Waals surface area (Å²) in [6, 6.07) is 0.414. The lowest BCUT2D eigenvalue weighted by molar-refractivity contribution is 0.119. The minimum Gasteiger partial charge on any atom is -0.497 e. The van der Waals surface area contributed by atoms with E-state index in [1.807, 2.05) is 6.21 Å². The second-order valence-corrected chi connectivity index (χ2v) is 5.72. The van der Waals surface area contributed by atoms with Crippen LogP contribution in [-0.2, 0) is 4.74 Å². The molecule has 0 aromatic rings. The average molecular weight is 230 g/mol. The summed E-state index contributed by atoms with van der Waals surface area (Å²) in [7, 11) is 0. The van der Waals surface area contributed by atoms with E-state index < -0.39 is 0 Å². The van der Waals surface area contributed by atoms with Gasteiger partial charge in [-0.15, -0.1) is 0 Å². The van der Waals surface area contributed by atoms with Crippen molar-refractivity contribution in [3.63, 3.8) is 0 Å². The third-order valence-corrected chi connectivity index (χ3v) is 4.89. The first kappa shape index (κ1) is 9.89. The highest BCUT2D eigenvalue weighted by Gasteiger charge is 2.50. The van der Waals surface area contributed by atoms with Crippen LogP contribution in [0.1, 0.15) is 19.3 Å². The molecule has 1 aliphatic carbocycles. The van der Waals surface area contributed by atoms with Gasteiger partial charge in [0.2, 0.25) is 0 Å². The molecule has 0 aromatic heterocycles. The lowest BCUT2D eigenvalue weighted by atomic mass is 9.66. The van der Waals surface area contributed by atoms with E-state index in [2.05, 4.69) is 22.5 Å². The number of rotatable bonds is 0. The van der Waals surface area contributed by atoms with Gasteiger partial charge in [-0.3, -0.25) is 4.99 Å². The molecule has 2 saturated heterocycles. The van der Waals surface area contributed by atoms with Crippen LogP contribution >= 0.6 is 0 Å². The number of nitrogens with one attached hydrogen (secondary N) is 1. The largest absolute Gasteiger partial charge is 0.497 e. The molecule has 0 aromatic carbocycles. The summed E-state index contributed by atoms with van der Waals surface area (Å²) in [5, 5.41) is 3.46. The molecule has 4 rings (SSSR count). The van der Waals surface area contributed by atoms with E-state index in [1.165, 1.54) is 24.2 Å². The van der Waals surface area contributed by atoms with Gasteiger partial charge in [-0.1, -0.05) is 0 Å². The van der Waals surface area contributed by atoms with Crippen LogP contribution in [0.15, 0.2) is 28.5 Å². The van der Waals surface area contributed by atoms with Gasteiger partial charge < -0.3 is 10.1 Å². The van der Waals surface area contributed by atoms with Crippen LogP contribution in [0, 0.1) is 11.3 Å². The molecule has 0 amide bonds. The maximum atomic E-state index is 6.00. The summed E-state index contributed by atoms with van der Waals surface area (Å²) in [5.74, 6) is 1.85. The minimum absolute atomic E-state index is 0.403. The van der Waals surface area contributed by atoms with E-state index >= 15 is 0 Å². The highest BCUT2D eigenvalue weighted by atomic mass is 16.5. The lowest BCUT2D eigenvalue weighted by Crippen LogP contribution is -2.42. The van der Waals surface area contributed by atoms with Crippen molar-refractivity contribution in [2.45, 2.75) is 25.3 Å². The molecule has 3 nitrogen and oxygen atoms in total. The fourth-order valence-electron chi connectivity index (χ4n) is 3.81. The Labute approximate surface area is 102 Å². The van der Waals surface area contributed by atoms with Crippen molar-refractivity contribution in [2.75, 3.05) is 19.7 Å². The molecule has 1 N–H and O–H groups in total. The molecular weight excluding hydrogens is 212 g/mol. The molecule has 2 atom stereocenters. The van der Waals surface area contributed by atoms with Gasteiger partial charge in [0.15, 0.2) is 0 Å². The highest BCUT2D eigenvalue weighted by Crippen LogP contribution is 2.52. The van der Waals surface area contributed by atoms with Gasteiger partial charge in [0, 0.05) is 17.5 Å². The summed E-state index contributed by atoms with van der Waals surface area (Å²) in [6.07, 6.45) is 10.0. The van der Waals surface area contributed by atoms with Gasteiger partial charge in [-0.25, -0.2) is 0 Å². The quantitative estimate of drug-likeness (QED) is 0.687. The zero-order valence-electron chi connectivity index (χ0n) is 9.98. The van der Waals surface area contributed by atoms with E-state index in [-0.39, 0.29) is 0 Å². The van der Waals surface area contributed by atoms with E-state index in [0.717, 1.165) is 26.1 Å². The second kappa shape index (κ2) is 3.45. The molecule has 0 bridgehead atoms. The maximum Gasteiger partial charge on any atom is 0.100 e. The normalized spacial score (nSPS) is 37.2. The van der Waals surface area contributed by atoms with Gasteiger partial charge in [0.1, 0.15) is 5.76 Å². The molecule has 3 heteroatoms. The van der Waals surface area contributed by atoms with Gasteiger partial charge in [0.05, 0.1) is 12.6 Å². The monoisotopic (exact) mass is 230 g/mol. The topological polar surface area (TPSA) is 33.6 Å². The zero-order chi connectivity index (χ0) is 11.3. The first-order valence-electron chi connectivity index (χ1n) is 6.66. The van der Waals surface area contributed by atoms with Crippen molar-refractivity contribution in [3.05, 3.63) is 23.5 Å². The molecule has 3 heterocycles. The molecule has 90 valence electrons. The number of ether oxygens (including phenoxy) is 1.